The fourth-order valence-corrected chi connectivity index (χ4v) is 2.64. The lowest BCUT2D eigenvalue weighted by Crippen LogP contribution is -1.97. The first-order valence-electron chi connectivity index (χ1n) is 5.50. The second-order valence-electron chi connectivity index (χ2n) is 3.99. The van der Waals surface area contributed by atoms with Gasteiger partial charge in [0.25, 0.3) is 0 Å². The molecule has 0 amide bonds. The molecule has 0 saturated heterocycles. The summed E-state index contributed by atoms with van der Waals surface area (Å²) in [6, 6.07) is 7.97. The highest BCUT2D eigenvalue weighted by atomic mass is 32.1. The number of para-hydroxylation sites is 1. The largest absolute Gasteiger partial charge is 0.299 e. The lowest BCUT2D eigenvalue weighted by Gasteiger charge is -1.95. The molecule has 1 saturated carbocycles. The van der Waals surface area contributed by atoms with Crippen LogP contribution in [-0.4, -0.2) is 16.5 Å². The zero-order chi connectivity index (χ0) is 11.7. The summed E-state index contributed by atoms with van der Waals surface area (Å²) in [5.74, 6) is 0.273. The van der Waals surface area contributed by atoms with Gasteiger partial charge in [0.2, 0.25) is 5.13 Å². The lowest BCUT2D eigenvalue weighted by atomic mass is 10.3. The number of nitrogens with one attached hydrogen (secondary N) is 1. The average Bonchev–Trinajstić information content (AvgIpc) is 2.91. The fraction of sp³-hybridized carbons (Fsp3) is 0.250. The predicted octanol–water partition coefficient (Wildman–Crippen LogP) is 2.82. The number of aromatic nitrogens is 1. The Kier molecular flexibility index (Phi) is 2.60. The number of hydrazone groups is 1. The first-order valence-corrected chi connectivity index (χ1v) is 6.31. The first-order chi connectivity index (χ1) is 8.31. The second kappa shape index (κ2) is 4.25. The van der Waals surface area contributed by atoms with Gasteiger partial charge in [0.1, 0.15) is 5.78 Å². The van der Waals surface area contributed by atoms with Crippen LogP contribution in [0.15, 0.2) is 29.4 Å². The van der Waals surface area contributed by atoms with Gasteiger partial charge in [-0.15, -0.1) is 0 Å². The molecule has 1 N–H and O–H groups in total. The van der Waals surface area contributed by atoms with E-state index < -0.39 is 0 Å². The highest BCUT2D eigenvalue weighted by Gasteiger charge is 2.16. The zero-order valence-electron chi connectivity index (χ0n) is 9.14. The fourth-order valence-electron chi connectivity index (χ4n) is 1.83. The van der Waals surface area contributed by atoms with Crippen LogP contribution >= 0.6 is 11.3 Å². The van der Waals surface area contributed by atoms with Gasteiger partial charge in [-0.1, -0.05) is 23.5 Å². The van der Waals surface area contributed by atoms with Gasteiger partial charge in [-0.05, 0) is 18.6 Å². The molecule has 86 valence electrons. The molecule has 0 unspecified atom stereocenters. The molecule has 17 heavy (non-hydrogen) atoms. The van der Waals surface area contributed by atoms with Crippen LogP contribution in [-0.2, 0) is 4.79 Å². The quantitative estimate of drug-likeness (QED) is 0.828. The number of ketones is 1. The molecule has 1 aliphatic rings. The van der Waals surface area contributed by atoms with Crippen molar-refractivity contribution in [1.29, 1.82) is 0 Å². The number of anilines is 1. The van der Waals surface area contributed by atoms with E-state index in [0.29, 0.717) is 12.8 Å². The molecule has 0 spiro atoms. The first kappa shape index (κ1) is 10.4. The van der Waals surface area contributed by atoms with Crippen molar-refractivity contribution in [1.82, 2.24) is 4.98 Å². The molecule has 5 heteroatoms. The van der Waals surface area contributed by atoms with Gasteiger partial charge in [0.05, 0.1) is 10.2 Å². The van der Waals surface area contributed by atoms with Gasteiger partial charge >= 0.3 is 0 Å². The van der Waals surface area contributed by atoms with Crippen molar-refractivity contribution in [2.24, 2.45) is 5.10 Å². The number of fused-ring (bicyclic) bond motifs is 1. The van der Waals surface area contributed by atoms with E-state index in [2.05, 4.69) is 15.5 Å². The molecule has 3 rings (SSSR count). The Morgan fingerprint density at radius 2 is 2.18 bits per heavy atom. The van der Waals surface area contributed by atoms with Crippen LogP contribution < -0.4 is 5.43 Å². The molecule has 1 fully saturated rings. The van der Waals surface area contributed by atoms with Crippen molar-refractivity contribution in [2.75, 3.05) is 5.43 Å². The molecular weight excluding hydrogens is 234 g/mol. The number of carbonyl (C=O) groups is 1. The van der Waals surface area contributed by atoms with Gasteiger partial charge in [-0.2, -0.15) is 5.10 Å². The number of benzene rings is 1. The Balaban J connectivity index is 1.79. The zero-order valence-corrected chi connectivity index (χ0v) is 9.96. The van der Waals surface area contributed by atoms with Gasteiger partial charge < -0.3 is 0 Å². The maximum absolute atomic E-state index is 11.1. The van der Waals surface area contributed by atoms with Crippen molar-refractivity contribution in [2.45, 2.75) is 19.3 Å². The average molecular weight is 245 g/mol. The number of Topliss-reactive ketones (excluding diaryl/α,β-unsaturated/α-hetero) is 1. The monoisotopic (exact) mass is 245 g/mol. The maximum atomic E-state index is 11.1. The van der Waals surface area contributed by atoms with Crippen LogP contribution in [0.5, 0.6) is 0 Å². The Morgan fingerprint density at radius 3 is 2.94 bits per heavy atom. The van der Waals surface area contributed by atoms with E-state index in [1.807, 2.05) is 24.3 Å². The van der Waals surface area contributed by atoms with Crippen LogP contribution in [0.1, 0.15) is 19.3 Å². The van der Waals surface area contributed by atoms with Gasteiger partial charge in [-0.25, -0.2) is 4.98 Å². The topological polar surface area (TPSA) is 54.4 Å². The van der Waals surface area contributed by atoms with Crippen molar-refractivity contribution in [3.05, 3.63) is 24.3 Å². The van der Waals surface area contributed by atoms with E-state index in [4.69, 9.17) is 0 Å². The highest BCUT2D eigenvalue weighted by Crippen LogP contribution is 2.25. The third kappa shape index (κ3) is 2.19. The van der Waals surface area contributed by atoms with E-state index in [-0.39, 0.29) is 5.78 Å². The van der Waals surface area contributed by atoms with E-state index in [9.17, 15) is 4.79 Å². The van der Waals surface area contributed by atoms with Crippen LogP contribution in [0.25, 0.3) is 10.2 Å². The lowest BCUT2D eigenvalue weighted by molar-refractivity contribution is -0.116. The molecule has 1 aliphatic carbocycles. The number of hydrogen-bond donors (Lipinski definition) is 1. The Hall–Kier alpha value is -1.75. The molecule has 1 aromatic heterocycles. The highest BCUT2D eigenvalue weighted by molar-refractivity contribution is 7.22. The minimum absolute atomic E-state index is 0.273. The van der Waals surface area contributed by atoms with Gasteiger partial charge in [0.15, 0.2) is 0 Å². The second-order valence-corrected chi connectivity index (χ2v) is 5.02. The van der Waals surface area contributed by atoms with E-state index in [0.717, 1.165) is 27.5 Å². The number of rotatable bonds is 2. The molecule has 4 nitrogen and oxygen atoms in total. The summed E-state index contributed by atoms with van der Waals surface area (Å²) >= 11 is 1.57. The van der Waals surface area contributed by atoms with E-state index >= 15 is 0 Å². The van der Waals surface area contributed by atoms with Gasteiger partial charge in [-0.3, -0.25) is 10.2 Å². The molecule has 1 aromatic carbocycles. The molecule has 1 heterocycles. The predicted molar refractivity (Wildman–Crippen MR) is 69.5 cm³/mol. The van der Waals surface area contributed by atoms with Crippen LogP contribution in [0.3, 0.4) is 0 Å². The van der Waals surface area contributed by atoms with E-state index in [1.165, 1.54) is 0 Å². The number of thiazole rings is 1. The SMILES string of the molecule is O=C1CC/C(=N\Nc2nc3ccccc3s2)C1. The molecule has 0 atom stereocenters. The summed E-state index contributed by atoms with van der Waals surface area (Å²) in [4.78, 5) is 15.5. The van der Waals surface area contributed by atoms with Crippen molar-refractivity contribution < 1.29 is 4.79 Å². The summed E-state index contributed by atoms with van der Waals surface area (Å²) in [7, 11) is 0. The minimum Gasteiger partial charge on any atom is -0.299 e. The number of hydrogen-bond acceptors (Lipinski definition) is 5. The summed E-state index contributed by atoms with van der Waals surface area (Å²) in [6.07, 6.45) is 1.88. The van der Waals surface area contributed by atoms with Crippen molar-refractivity contribution in [3.8, 4) is 0 Å². The van der Waals surface area contributed by atoms with Gasteiger partial charge in [0, 0.05) is 18.6 Å². The Labute approximate surface area is 102 Å². The smallest absolute Gasteiger partial charge is 0.204 e. The van der Waals surface area contributed by atoms with Crippen molar-refractivity contribution in [3.63, 3.8) is 0 Å². The summed E-state index contributed by atoms with van der Waals surface area (Å²) < 4.78 is 1.14. The minimum atomic E-state index is 0.273. The van der Waals surface area contributed by atoms with Crippen LogP contribution in [0, 0.1) is 0 Å². The Morgan fingerprint density at radius 1 is 1.29 bits per heavy atom. The maximum Gasteiger partial charge on any atom is 0.204 e. The molecule has 0 bridgehead atoms. The molecule has 0 aliphatic heterocycles. The van der Waals surface area contributed by atoms with Crippen molar-refractivity contribution >= 4 is 38.2 Å². The summed E-state index contributed by atoms with van der Waals surface area (Å²) in [5, 5.41) is 5.01. The van der Waals surface area contributed by atoms with Crippen LogP contribution in [0.4, 0.5) is 5.13 Å². The third-order valence-corrected chi connectivity index (χ3v) is 3.64. The van der Waals surface area contributed by atoms with Crippen LogP contribution in [0.2, 0.25) is 0 Å². The Bertz CT molecular complexity index is 570. The number of nitrogens with zero attached hydrogens (tertiary/aromatic N) is 2. The standard InChI is InChI=1S/C12H11N3OS/c16-9-6-5-8(7-9)14-15-12-13-10-3-1-2-4-11(10)17-12/h1-4H,5-7H2,(H,13,15)/b14-8+. The number of carbonyl (C=O) groups excluding carboxylic acids is 1. The summed E-state index contributed by atoms with van der Waals surface area (Å²) in [6.45, 7) is 0. The molecule has 2 aromatic rings. The molecule has 0 radical (unpaired) electrons. The third-order valence-electron chi connectivity index (χ3n) is 2.70. The van der Waals surface area contributed by atoms with E-state index in [1.54, 1.807) is 11.3 Å². The summed E-state index contributed by atoms with van der Waals surface area (Å²) in [5.41, 5.74) is 4.84. The molecular formula is C12H11N3OS. The normalized spacial score (nSPS) is 18.1.